The van der Waals surface area contributed by atoms with Gasteiger partial charge in [-0.2, -0.15) is 5.10 Å². The number of nitrogen functional groups attached to an aromatic ring is 1. The summed E-state index contributed by atoms with van der Waals surface area (Å²) in [6, 6.07) is 12.1. The van der Waals surface area contributed by atoms with Gasteiger partial charge in [-0.25, -0.2) is 9.50 Å². The quantitative estimate of drug-likeness (QED) is 0.587. The Kier molecular flexibility index (Phi) is 3.35. The van der Waals surface area contributed by atoms with Gasteiger partial charge in [-0.15, -0.1) is 0 Å². The second-order valence-corrected chi connectivity index (χ2v) is 5.34. The first-order valence-corrected chi connectivity index (χ1v) is 7.44. The minimum atomic E-state index is 0.422. The third-order valence-corrected chi connectivity index (χ3v) is 3.89. The van der Waals surface area contributed by atoms with Crippen LogP contribution in [-0.4, -0.2) is 26.7 Å². The van der Waals surface area contributed by atoms with E-state index in [2.05, 4.69) is 21.1 Å². The van der Waals surface area contributed by atoms with Crippen LogP contribution >= 0.6 is 0 Å². The van der Waals surface area contributed by atoms with Crippen LogP contribution in [0.15, 0.2) is 55.2 Å². The van der Waals surface area contributed by atoms with E-state index in [4.69, 9.17) is 10.5 Å². The summed E-state index contributed by atoms with van der Waals surface area (Å²) in [5, 5.41) is 5.37. The van der Waals surface area contributed by atoms with Crippen molar-refractivity contribution in [2.24, 2.45) is 0 Å². The number of ether oxygens (including phenoxy) is 1. The minimum absolute atomic E-state index is 0.422. The molecule has 4 rings (SSSR count). The zero-order valence-corrected chi connectivity index (χ0v) is 13.0. The number of benzene rings is 1. The Morgan fingerprint density at radius 2 is 2.04 bits per heavy atom. The number of rotatable bonds is 3. The molecule has 0 atom stereocenters. The van der Waals surface area contributed by atoms with E-state index in [1.807, 2.05) is 42.6 Å². The molecule has 2 N–H and O–H groups in total. The second-order valence-electron chi connectivity index (χ2n) is 5.34. The molecule has 118 valence electrons. The van der Waals surface area contributed by atoms with Crippen LogP contribution in [0.5, 0.6) is 0 Å². The molecule has 3 aromatic heterocycles. The molecule has 6 nitrogen and oxygen atoms in total. The smallest absolute Gasteiger partial charge is 0.152 e. The molecule has 0 saturated heterocycles. The van der Waals surface area contributed by atoms with Gasteiger partial charge in [0.25, 0.3) is 0 Å². The number of hydrogen-bond acceptors (Lipinski definition) is 5. The maximum Gasteiger partial charge on any atom is 0.152 e. The van der Waals surface area contributed by atoms with Gasteiger partial charge in [-0.3, -0.25) is 4.98 Å². The van der Waals surface area contributed by atoms with Crippen molar-refractivity contribution in [2.75, 3.05) is 12.8 Å². The largest absolute Gasteiger partial charge is 0.504 e. The molecule has 0 saturated carbocycles. The SMILES string of the molecule is COC=Cc1cc(-c2cnc3ccccc3c2)c2c(N)ncnn12. The van der Waals surface area contributed by atoms with Crippen molar-refractivity contribution in [1.29, 1.82) is 0 Å². The summed E-state index contributed by atoms with van der Waals surface area (Å²) in [4.78, 5) is 8.65. The van der Waals surface area contributed by atoms with E-state index in [1.54, 1.807) is 17.9 Å². The normalized spacial score (nSPS) is 11.5. The van der Waals surface area contributed by atoms with Crippen molar-refractivity contribution in [2.45, 2.75) is 0 Å². The predicted molar refractivity (Wildman–Crippen MR) is 94.2 cm³/mol. The van der Waals surface area contributed by atoms with E-state index in [-0.39, 0.29) is 0 Å². The van der Waals surface area contributed by atoms with Crippen LogP contribution in [0, 0.1) is 0 Å². The number of pyridine rings is 1. The van der Waals surface area contributed by atoms with E-state index in [0.29, 0.717) is 5.82 Å². The van der Waals surface area contributed by atoms with Gasteiger partial charge in [-0.05, 0) is 24.3 Å². The second kappa shape index (κ2) is 5.66. The van der Waals surface area contributed by atoms with Crippen molar-refractivity contribution in [3.05, 3.63) is 60.9 Å². The van der Waals surface area contributed by atoms with Gasteiger partial charge in [-0.1, -0.05) is 18.2 Å². The van der Waals surface area contributed by atoms with Gasteiger partial charge in [0, 0.05) is 22.7 Å². The Morgan fingerprint density at radius 1 is 1.17 bits per heavy atom. The number of hydrogen-bond donors (Lipinski definition) is 1. The van der Waals surface area contributed by atoms with Gasteiger partial charge >= 0.3 is 0 Å². The lowest BCUT2D eigenvalue weighted by atomic mass is 10.1. The predicted octanol–water partition coefficient (Wildman–Crippen LogP) is 3.14. The molecule has 0 radical (unpaired) electrons. The highest BCUT2D eigenvalue weighted by atomic mass is 16.5. The number of nitrogens with zero attached hydrogens (tertiary/aromatic N) is 4. The fraction of sp³-hybridized carbons (Fsp3) is 0.0556. The summed E-state index contributed by atoms with van der Waals surface area (Å²) < 4.78 is 6.77. The molecule has 0 bridgehead atoms. The van der Waals surface area contributed by atoms with Gasteiger partial charge in [0.15, 0.2) is 5.82 Å². The van der Waals surface area contributed by atoms with Crippen LogP contribution in [0.3, 0.4) is 0 Å². The summed E-state index contributed by atoms with van der Waals surface area (Å²) in [6.07, 6.45) is 6.71. The fourth-order valence-electron chi connectivity index (χ4n) is 2.79. The maximum absolute atomic E-state index is 6.10. The highest BCUT2D eigenvalue weighted by molar-refractivity contribution is 5.92. The number of para-hydroxylation sites is 1. The Bertz CT molecular complexity index is 1070. The average molecular weight is 317 g/mol. The van der Waals surface area contributed by atoms with E-state index < -0.39 is 0 Å². The van der Waals surface area contributed by atoms with E-state index in [1.165, 1.54) is 6.33 Å². The molecule has 0 fully saturated rings. The van der Waals surface area contributed by atoms with Crippen molar-refractivity contribution >= 4 is 28.3 Å². The van der Waals surface area contributed by atoms with Gasteiger partial charge in [0.05, 0.1) is 24.6 Å². The number of anilines is 1. The molecule has 0 aliphatic rings. The molecule has 3 heterocycles. The summed E-state index contributed by atoms with van der Waals surface area (Å²) in [7, 11) is 1.60. The molecule has 6 heteroatoms. The van der Waals surface area contributed by atoms with Gasteiger partial charge in [0.2, 0.25) is 0 Å². The first-order valence-electron chi connectivity index (χ1n) is 7.44. The lowest BCUT2D eigenvalue weighted by molar-refractivity contribution is 0.341. The van der Waals surface area contributed by atoms with Crippen LogP contribution in [0.2, 0.25) is 0 Å². The standard InChI is InChI=1S/C18H15N5O/c1-24-7-6-14-9-15(17-18(19)21-11-22-23(14)17)13-8-12-4-2-3-5-16(12)20-10-13/h2-11H,1H3,(H2,19,21,22). The summed E-state index contributed by atoms with van der Waals surface area (Å²) in [6.45, 7) is 0. The zero-order valence-electron chi connectivity index (χ0n) is 13.0. The average Bonchev–Trinajstić information content (AvgIpc) is 2.99. The molecule has 0 aliphatic heterocycles. The molecule has 0 aliphatic carbocycles. The van der Waals surface area contributed by atoms with Gasteiger partial charge < -0.3 is 10.5 Å². The molecular weight excluding hydrogens is 302 g/mol. The summed E-state index contributed by atoms with van der Waals surface area (Å²) >= 11 is 0. The molecule has 1 aromatic carbocycles. The fourth-order valence-corrected chi connectivity index (χ4v) is 2.79. The molecule has 4 aromatic rings. The van der Waals surface area contributed by atoms with E-state index in [9.17, 15) is 0 Å². The Labute approximate surface area is 138 Å². The number of methoxy groups -OCH3 is 1. The van der Waals surface area contributed by atoms with Crippen LogP contribution in [0.4, 0.5) is 5.82 Å². The number of nitrogens with two attached hydrogens (primary N) is 1. The van der Waals surface area contributed by atoms with Crippen LogP contribution < -0.4 is 5.73 Å². The van der Waals surface area contributed by atoms with Crippen LogP contribution in [0.25, 0.3) is 33.6 Å². The van der Waals surface area contributed by atoms with Crippen molar-refractivity contribution < 1.29 is 4.74 Å². The zero-order chi connectivity index (χ0) is 16.5. The number of fused-ring (bicyclic) bond motifs is 2. The summed E-state index contributed by atoms with van der Waals surface area (Å²) in [5.74, 6) is 0.422. The van der Waals surface area contributed by atoms with Gasteiger partial charge in [0.1, 0.15) is 11.8 Å². The van der Waals surface area contributed by atoms with Crippen molar-refractivity contribution in [1.82, 2.24) is 19.6 Å². The first kappa shape index (κ1) is 14.2. The molecule has 24 heavy (non-hydrogen) atoms. The maximum atomic E-state index is 6.10. The Balaban J connectivity index is 1.99. The van der Waals surface area contributed by atoms with Crippen LogP contribution in [0.1, 0.15) is 5.69 Å². The lowest BCUT2D eigenvalue weighted by Crippen LogP contribution is -2.00. The van der Waals surface area contributed by atoms with Crippen LogP contribution in [-0.2, 0) is 4.74 Å². The highest BCUT2D eigenvalue weighted by Gasteiger charge is 2.14. The monoisotopic (exact) mass is 317 g/mol. The third-order valence-electron chi connectivity index (χ3n) is 3.89. The molecule has 0 unspecified atom stereocenters. The molecule has 0 spiro atoms. The van der Waals surface area contributed by atoms with E-state index in [0.717, 1.165) is 33.2 Å². The van der Waals surface area contributed by atoms with E-state index >= 15 is 0 Å². The Morgan fingerprint density at radius 3 is 2.92 bits per heavy atom. The van der Waals surface area contributed by atoms with Crippen molar-refractivity contribution in [3.8, 4) is 11.1 Å². The topological polar surface area (TPSA) is 78.3 Å². The third kappa shape index (κ3) is 2.25. The van der Waals surface area contributed by atoms with Crippen molar-refractivity contribution in [3.63, 3.8) is 0 Å². The lowest BCUT2D eigenvalue weighted by Gasteiger charge is -2.04. The molecular formula is C18H15N5O. The minimum Gasteiger partial charge on any atom is -0.504 e. The first-order chi connectivity index (χ1) is 11.8. The summed E-state index contributed by atoms with van der Waals surface area (Å²) in [5.41, 5.74) is 10.6. The highest BCUT2D eigenvalue weighted by Crippen LogP contribution is 2.31. The Hall–Kier alpha value is -3.41. The molecule has 0 amide bonds. The number of aromatic nitrogens is 4.